The van der Waals surface area contributed by atoms with Crippen molar-refractivity contribution in [1.29, 1.82) is 0 Å². The van der Waals surface area contributed by atoms with Gasteiger partial charge in [0.15, 0.2) is 0 Å². The van der Waals surface area contributed by atoms with Gasteiger partial charge in [-0.3, -0.25) is 0 Å². The summed E-state index contributed by atoms with van der Waals surface area (Å²) < 4.78 is 6.36. The van der Waals surface area contributed by atoms with Gasteiger partial charge in [-0.15, -0.1) is 0 Å². The fourth-order valence-electron chi connectivity index (χ4n) is 9.21. The highest BCUT2D eigenvalue weighted by Gasteiger charge is 2.47. The van der Waals surface area contributed by atoms with Gasteiger partial charge < -0.3 is 9.32 Å². The Kier molecular flexibility index (Phi) is 7.96. The molecule has 7 aromatic carbocycles. The van der Waals surface area contributed by atoms with Crippen molar-refractivity contribution in [2.45, 2.75) is 45.1 Å². The van der Waals surface area contributed by atoms with Gasteiger partial charge in [0.25, 0.3) is 0 Å². The molecular formula is C53H43NO. The van der Waals surface area contributed by atoms with E-state index in [2.05, 4.69) is 196 Å². The van der Waals surface area contributed by atoms with Crippen LogP contribution in [0.4, 0.5) is 11.4 Å². The zero-order valence-corrected chi connectivity index (χ0v) is 31.6. The quantitative estimate of drug-likeness (QED) is 0.164. The standard InChI is InChI=1S/C53H43NO/c1-4-35-29-40(23-26-44(35)46-33-51-47(31-36(46)5-2)45-21-12-13-22-50(45)55-51)39-19-14-20-43(30-39)54-49-27-24-41(37-15-8-6-9-16-37)32-48(49)53(3)34-42(25-28-52(53)54)38-17-10-7-11-18-38/h6-34,52H,4-5H2,1-3H3. The minimum Gasteiger partial charge on any atom is -0.456 e. The minimum absolute atomic E-state index is 0.130. The lowest BCUT2D eigenvalue weighted by molar-refractivity contribution is 0.553. The number of benzene rings is 7. The summed E-state index contributed by atoms with van der Waals surface area (Å²) >= 11 is 0. The molecule has 10 rings (SSSR count). The summed E-state index contributed by atoms with van der Waals surface area (Å²) in [5, 5.41) is 2.37. The molecule has 2 atom stereocenters. The van der Waals surface area contributed by atoms with E-state index in [0.29, 0.717) is 0 Å². The molecule has 266 valence electrons. The van der Waals surface area contributed by atoms with Gasteiger partial charge in [-0.1, -0.05) is 147 Å². The number of hydrogen-bond donors (Lipinski definition) is 0. The number of furan rings is 1. The van der Waals surface area contributed by atoms with Crippen molar-refractivity contribution in [2.24, 2.45) is 0 Å². The maximum Gasteiger partial charge on any atom is 0.136 e. The fourth-order valence-corrected chi connectivity index (χ4v) is 9.21. The summed E-state index contributed by atoms with van der Waals surface area (Å²) in [5.74, 6) is 0. The van der Waals surface area contributed by atoms with E-state index in [-0.39, 0.29) is 11.5 Å². The van der Waals surface area contributed by atoms with E-state index >= 15 is 0 Å². The molecule has 0 radical (unpaired) electrons. The Labute approximate surface area is 323 Å². The molecule has 55 heavy (non-hydrogen) atoms. The predicted molar refractivity (Wildman–Crippen MR) is 232 cm³/mol. The number of allylic oxidation sites excluding steroid dienone is 2. The van der Waals surface area contributed by atoms with Crippen molar-refractivity contribution in [3.8, 4) is 33.4 Å². The Hall–Kier alpha value is -6.38. The molecule has 0 spiro atoms. The van der Waals surface area contributed by atoms with E-state index in [1.807, 2.05) is 6.07 Å². The molecule has 1 aromatic heterocycles. The molecule has 0 saturated carbocycles. The van der Waals surface area contributed by atoms with Gasteiger partial charge in [0.2, 0.25) is 0 Å². The number of fused-ring (bicyclic) bond motifs is 6. The van der Waals surface area contributed by atoms with Crippen molar-refractivity contribution < 1.29 is 4.42 Å². The van der Waals surface area contributed by atoms with Gasteiger partial charge in [0.05, 0.1) is 6.04 Å². The van der Waals surface area contributed by atoms with Gasteiger partial charge >= 0.3 is 0 Å². The van der Waals surface area contributed by atoms with Crippen LogP contribution < -0.4 is 4.90 Å². The zero-order valence-electron chi connectivity index (χ0n) is 31.6. The van der Waals surface area contributed by atoms with Crippen molar-refractivity contribution in [3.05, 3.63) is 198 Å². The second-order valence-corrected chi connectivity index (χ2v) is 15.3. The molecule has 2 heterocycles. The molecular weight excluding hydrogens is 667 g/mol. The Balaban J connectivity index is 1.06. The molecule has 0 bridgehead atoms. The average molecular weight is 710 g/mol. The summed E-state index contributed by atoms with van der Waals surface area (Å²) in [4.78, 5) is 2.56. The largest absolute Gasteiger partial charge is 0.456 e. The molecule has 0 fully saturated rings. The van der Waals surface area contributed by atoms with Crippen LogP contribution in [-0.4, -0.2) is 6.04 Å². The van der Waals surface area contributed by atoms with Crippen LogP contribution in [0.15, 0.2) is 180 Å². The van der Waals surface area contributed by atoms with E-state index < -0.39 is 0 Å². The van der Waals surface area contributed by atoms with Crippen molar-refractivity contribution in [3.63, 3.8) is 0 Å². The van der Waals surface area contributed by atoms with E-state index in [1.54, 1.807) is 0 Å². The van der Waals surface area contributed by atoms with E-state index in [4.69, 9.17) is 4.42 Å². The summed E-state index contributed by atoms with van der Waals surface area (Å²) in [7, 11) is 0. The van der Waals surface area contributed by atoms with E-state index in [1.165, 1.54) is 83.4 Å². The number of rotatable bonds is 7. The highest BCUT2D eigenvalue weighted by atomic mass is 16.3. The van der Waals surface area contributed by atoms with Crippen molar-refractivity contribution in [1.82, 2.24) is 0 Å². The molecule has 2 nitrogen and oxygen atoms in total. The van der Waals surface area contributed by atoms with Crippen LogP contribution in [0, 0.1) is 0 Å². The minimum atomic E-state index is -0.231. The summed E-state index contributed by atoms with van der Waals surface area (Å²) in [6.45, 7) is 6.94. The zero-order chi connectivity index (χ0) is 37.1. The molecule has 1 aliphatic carbocycles. The van der Waals surface area contributed by atoms with Crippen LogP contribution in [-0.2, 0) is 18.3 Å². The molecule has 0 amide bonds. The Morgan fingerprint density at radius 1 is 0.545 bits per heavy atom. The topological polar surface area (TPSA) is 16.4 Å². The van der Waals surface area contributed by atoms with Crippen molar-refractivity contribution >= 4 is 38.9 Å². The highest BCUT2D eigenvalue weighted by Crippen LogP contribution is 2.54. The second kappa shape index (κ2) is 13.2. The molecule has 0 saturated heterocycles. The van der Waals surface area contributed by atoms with Gasteiger partial charge in [-0.2, -0.15) is 0 Å². The number of anilines is 2. The van der Waals surface area contributed by atoms with Crippen LogP contribution in [0.3, 0.4) is 0 Å². The number of aryl methyl sites for hydroxylation is 2. The lowest BCUT2D eigenvalue weighted by Crippen LogP contribution is -2.39. The smallest absolute Gasteiger partial charge is 0.136 e. The SMILES string of the molecule is CCc1cc(-c2cccc(N3c4ccc(-c5ccccc5)cc4C4(C)C=C(c5ccccc5)C=CC34)c2)ccc1-c1cc2oc3ccccc3c2cc1CC. The third-order valence-corrected chi connectivity index (χ3v) is 12.1. The number of nitrogens with zero attached hydrogens (tertiary/aromatic N) is 1. The van der Waals surface area contributed by atoms with Gasteiger partial charge in [0, 0.05) is 27.6 Å². The number of para-hydroxylation sites is 1. The highest BCUT2D eigenvalue weighted by molar-refractivity contribution is 6.06. The monoisotopic (exact) mass is 709 g/mol. The first-order chi connectivity index (χ1) is 27.0. The van der Waals surface area contributed by atoms with Crippen LogP contribution >= 0.6 is 0 Å². The van der Waals surface area contributed by atoms with Gasteiger partial charge in [-0.25, -0.2) is 0 Å². The maximum atomic E-state index is 6.36. The maximum absolute atomic E-state index is 6.36. The summed E-state index contributed by atoms with van der Waals surface area (Å²) in [6.07, 6.45) is 9.14. The average Bonchev–Trinajstić information content (AvgIpc) is 3.74. The first-order valence-corrected chi connectivity index (χ1v) is 19.7. The third-order valence-electron chi connectivity index (χ3n) is 12.1. The van der Waals surface area contributed by atoms with Gasteiger partial charge in [-0.05, 0) is 123 Å². The van der Waals surface area contributed by atoms with Crippen LogP contribution in [0.2, 0.25) is 0 Å². The molecule has 1 aliphatic heterocycles. The molecule has 8 aromatic rings. The van der Waals surface area contributed by atoms with Gasteiger partial charge in [0.1, 0.15) is 11.2 Å². The first kappa shape index (κ1) is 33.2. The predicted octanol–water partition coefficient (Wildman–Crippen LogP) is 14.1. The second-order valence-electron chi connectivity index (χ2n) is 15.3. The van der Waals surface area contributed by atoms with E-state index in [0.717, 1.165) is 24.0 Å². The molecule has 0 N–H and O–H groups in total. The lowest BCUT2D eigenvalue weighted by atomic mass is 9.73. The molecule has 2 aliphatic rings. The van der Waals surface area contributed by atoms with Crippen LogP contribution in [0.25, 0.3) is 60.9 Å². The van der Waals surface area contributed by atoms with Crippen LogP contribution in [0.5, 0.6) is 0 Å². The van der Waals surface area contributed by atoms with E-state index in [9.17, 15) is 0 Å². The first-order valence-electron chi connectivity index (χ1n) is 19.7. The van der Waals surface area contributed by atoms with Crippen LogP contribution in [0.1, 0.15) is 43.0 Å². The third kappa shape index (κ3) is 5.47. The van der Waals surface area contributed by atoms with Crippen molar-refractivity contribution in [2.75, 3.05) is 4.90 Å². The lowest BCUT2D eigenvalue weighted by Gasteiger charge is -2.36. The Bertz CT molecular complexity index is 2800. The molecule has 2 unspecified atom stereocenters. The summed E-state index contributed by atoms with van der Waals surface area (Å²) in [5.41, 5.74) is 18.2. The Morgan fingerprint density at radius 3 is 2.02 bits per heavy atom. The normalized spacial score (nSPS) is 17.4. The number of hydrogen-bond acceptors (Lipinski definition) is 2. The molecule has 2 heteroatoms. The fraction of sp³-hybridized carbons (Fsp3) is 0.132. The Morgan fingerprint density at radius 2 is 1.22 bits per heavy atom. The summed E-state index contributed by atoms with van der Waals surface area (Å²) in [6, 6.07) is 57.9.